The molecule has 0 unspecified atom stereocenters. The lowest BCUT2D eigenvalue weighted by atomic mass is 10.0. The standard InChI is InChI=1S/C20H23N3O5/c1-13(24)16(11-14-7-3-2-4-8-14)21-17(25)12-22-18(26)19(27)23(20(22)28)15-9-5-6-10-15/h2-4,7-8,15-16H,5-6,9-12H2,1H3,(H,21,25)/t16-/m1/s1. The van der Waals surface area contributed by atoms with Crippen LogP contribution in [0.25, 0.3) is 0 Å². The number of rotatable bonds is 7. The van der Waals surface area contributed by atoms with Gasteiger partial charge in [-0.15, -0.1) is 0 Å². The van der Waals surface area contributed by atoms with Crippen LogP contribution in [0.5, 0.6) is 0 Å². The highest BCUT2D eigenvalue weighted by Crippen LogP contribution is 2.27. The number of urea groups is 1. The summed E-state index contributed by atoms with van der Waals surface area (Å²) in [6.07, 6.45) is 3.45. The molecule has 1 atom stereocenters. The Morgan fingerprint density at radius 1 is 1.07 bits per heavy atom. The molecule has 0 spiro atoms. The van der Waals surface area contributed by atoms with Gasteiger partial charge in [0.25, 0.3) is 0 Å². The first-order chi connectivity index (χ1) is 13.4. The van der Waals surface area contributed by atoms with E-state index < -0.39 is 36.3 Å². The molecule has 3 rings (SSSR count). The Hall–Kier alpha value is -3.03. The molecule has 1 saturated heterocycles. The monoisotopic (exact) mass is 385 g/mol. The van der Waals surface area contributed by atoms with E-state index in [9.17, 15) is 24.0 Å². The third-order valence-corrected chi connectivity index (χ3v) is 5.18. The van der Waals surface area contributed by atoms with Crippen molar-refractivity contribution < 1.29 is 24.0 Å². The second-order valence-corrected chi connectivity index (χ2v) is 7.21. The molecule has 28 heavy (non-hydrogen) atoms. The zero-order valence-corrected chi connectivity index (χ0v) is 15.7. The van der Waals surface area contributed by atoms with Crippen molar-refractivity contribution in [1.29, 1.82) is 0 Å². The normalized spacial score (nSPS) is 18.7. The van der Waals surface area contributed by atoms with E-state index in [0.29, 0.717) is 24.2 Å². The van der Waals surface area contributed by atoms with E-state index in [-0.39, 0.29) is 11.8 Å². The van der Waals surface area contributed by atoms with E-state index in [0.717, 1.165) is 23.3 Å². The maximum atomic E-state index is 12.5. The average Bonchev–Trinajstić information content (AvgIpc) is 3.25. The summed E-state index contributed by atoms with van der Waals surface area (Å²) in [5.74, 6) is -2.76. The van der Waals surface area contributed by atoms with Gasteiger partial charge < -0.3 is 5.32 Å². The Morgan fingerprint density at radius 3 is 2.32 bits per heavy atom. The second-order valence-electron chi connectivity index (χ2n) is 7.21. The molecule has 1 heterocycles. The quantitative estimate of drug-likeness (QED) is 0.558. The van der Waals surface area contributed by atoms with Crippen LogP contribution in [-0.4, -0.2) is 58.0 Å². The predicted molar refractivity (Wildman–Crippen MR) is 99.0 cm³/mol. The number of Topliss-reactive ketones (excluding diaryl/α,β-unsaturated/α-hetero) is 1. The minimum atomic E-state index is -0.991. The Kier molecular flexibility index (Phi) is 5.87. The van der Waals surface area contributed by atoms with Gasteiger partial charge in [0, 0.05) is 6.04 Å². The van der Waals surface area contributed by atoms with Crippen molar-refractivity contribution in [1.82, 2.24) is 15.1 Å². The fraction of sp³-hybridized carbons (Fsp3) is 0.450. The first-order valence-corrected chi connectivity index (χ1v) is 9.41. The van der Waals surface area contributed by atoms with Crippen molar-refractivity contribution in [2.24, 2.45) is 0 Å². The molecule has 8 nitrogen and oxygen atoms in total. The fourth-order valence-corrected chi connectivity index (χ4v) is 3.68. The van der Waals surface area contributed by atoms with Gasteiger partial charge in [0.2, 0.25) is 5.91 Å². The highest BCUT2D eigenvalue weighted by molar-refractivity contribution is 6.45. The van der Waals surface area contributed by atoms with Gasteiger partial charge in [-0.25, -0.2) is 9.69 Å². The molecule has 1 aromatic rings. The van der Waals surface area contributed by atoms with Crippen LogP contribution in [0.15, 0.2) is 30.3 Å². The molecule has 1 aliphatic heterocycles. The highest BCUT2D eigenvalue weighted by Gasteiger charge is 2.48. The summed E-state index contributed by atoms with van der Waals surface area (Å²) in [5.41, 5.74) is 0.874. The second kappa shape index (κ2) is 8.33. The molecule has 0 aromatic heterocycles. The third-order valence-electron chi connectivity index (χ3n) is 5.18. The molecular weight excluding hydrogens is 362 g/mol. The van der Waals surface area contributed by atoms with E-state index in [1.54, 1.807) is 0 Å². The number of imide groups is 2. The zero-order valence-electron chi connectivity index (χ0n) is 15.7. The largest absolute Gasteiger partial charge is 0.344 e. The minimum Gasteiger partial charge on any atom is -0.344 e. The number of nitrogens with zero attached hydrogens (tertiary/aromatic N) is 2. The van der Waals surface area contributed by atoms with Gasteiger partial charge in [0.05, 0.1) is 6.04 Å². The molecule has 2 fully saturated rings. The summed E-state index contributed by atoms with van der Waals surface area (Å²) in [6, 6.07) is 7.39. The first kappa shape index (κ1) is 19.7. The number of ketones is 1. The molecule has 2 aliphatic rings. The summed E-state index contributed by atoms with van der Waals surface area (Å²) in [5, 5.41) is 2.57. The number of amides is 5. The SMILES string of the molecule is CC(=O)[C@@H](Cc1ccccc1)NC(=O)CN1C(=O)C(=O)N(C2CCCC2)C1=O. The van der Waals surface area contributed by atoms with Crippen molar-refractivity contribution in [3.05, 3.63) is 35.9 Å². The van der Waals surface area contributed by atoms with Crippen molar-refractivity contribution in [3.8, 4) is 0 Å². The van der Waals surface area contributed by atoms with Gasteiger partial charge in [-0.05, 0) is 31.7 Å². The number of carbonyl (C=O) groups is 5. The van der Waals surface area contributed by atoms with Crippen molar-refractivity contribution in [3.63, 3.8) is 0 Å². The Balaban J connectivity index is 1.64. The maximum absolute atomic E-state index is 12.5. The molecule has 8 heteroatoms. The maximum Gasteiger partial charge on any atom is 0.334 e. The van der Waals surface area contributed by atoms with E-state index in [4.69, 9.17) is 0 Å². The van der Waals surface area contributed by atoms with Gasteiger partial charge in [-0.2, -0.15) is 0 Å². The van der Waals surface area contributed by atoms with Gasteiger partial charge >= 0.3 is 17.8 Å². The third kappa shape index (κ3) is 4.11. The van der Waals surface area contributed by atoms with Gasteiger partial charge in [-0.1, -0.05) is 43.2 Å². The van der Waals surface area contributed by atoms with E-state index in [2.05, 4.69) is 5.32 Å². The fourth-order valence-electron chi connectivity index (χ4n) is 3.68. The van der Waals surface area contributed by atoms with Crippen molar-refractivity contribution in [2.45, 2.75) is 51.1 Å². The Bertz CT molecular complexity index is 801. The molecule has 1 aliphatic carbocycles. The lowest BCUT2D eigenvalue weighted by molar-refractivity contribution is -0.144. The highest BCUT2D eigenvalue weighted by atomic mass is 16.2. The van der Waals surface area contributed by atoms with Gasteiger partial charge in [-0.3, -0.25) is 24.1 Å². The average molecular weight is 385 g/mol. The molecule has 1 saturated carbocycles. The van der Waals surface area contributed by atoms with Gasteiger partial charge in [0.15, 0.2) is 5.78 Å². The molecule has 148 valence electrons. The molecule has 0 radical (unpaired) electrons. The minimum absolute atomic E-state index is 0.236. The van der Waals surface area contributed by atoms with Crippen molar-refractivity contribution in [2.75, 3.05) is 6.54 Å². The summed E-state index contributed by atoms with van der Waals surface area (Å²) < 4.78 is 0. The lowest BCUT2D eigenvalue weighted by Crippen LogP contribution is -2.48. The smallest absolute Gasteiger partial charge is 0.334 e. The number of nitrogens with one attached hydrogen (secondary N) is 1. The summed E-state index contributed by atoms with van der Waals surface area (Å²) in [7, 11) is 0. The van der Waals surface area contributed by atoms with Crippen LogP contribution in [0.1, 0.15) is 38.2 Å². The predicted octanol–water partition coefficient (Wildman–Crippen LogP) is 1.04. The van der Waals surface area contributed by atoms with E-state index in [1.165, 1.54) is 6.92 Å². The lowest BCUT2D eigenvalue weighted by Gasteiger charge is -2.21. The van der Waals surface area contributed by atoms with Crippen LogP contribution in [-0.2, 0) is 25.6 Å². The van der Waals surface area contributed by atoms with E-state index in [1.807, 2.05) is 30.3 Å². The molecular formula is C20H23N3O5. The number of carbonyl (C=O) groups excluding carboxylic acids is 5. The summed E-state index contributed by atoms with van der Waals surface area (Å²) in [6.45, 7) is 0.788. The Morgan fingerprint density at radius 2 is 1.71 bits per heavy atom. The topological polar surface area (TPSA) is 104 Å². The van der Waals surface area contributed by atoms with Crippen LogP contribution in [0.2, 0.25) is 0 Å². The summed E-state index contributed by atoms with van der Waals surface area (Å²) in [4.78, 5) is 62.9. The van der Waals surface area contributed by atoms with Crippen LogP contribution in [0, 0.1) is 0 Å². The van der Waals surface area contributed by atoms with E-state index >= 15 is 0 Å². The Labute approximate surface area is 162 Å². The molecule has 5 amide bonds. The van der Waals surface area contributed by atoms with Gasteiger partial charge in [0.1, 0.15) is 6.54 Å². The van der Waals surface area contributed by atoms with Crippen LogP contribution in [0.4, 0.5) is 4.79 Å². The van der Waals surface area contributed by atoms with Crippen LogP contribution < -0.4 is 5.32 Å². The number of hydrogen-bond donors (Lipinski definition) is 1. The van der Waals surface area contributed by atoms with Crippen LogP contribution >= 0.6 is 0 Å². The molecule has 1 N–H and O–H groups in total. The first-order valence-electron chi connectivity index (χ1n) is 9.41. The molecule has 0 bridgehead atoms. The number of benzene rings is 1. The van der Waals surface area contributed by atoms with Crippen molar-refractivity contribution >= 4 is 29.5 Å². The summed E-state index contributed by atoms with van der Waals surface area (Å²) >= 11 is 0. The number of hydrogen-bond acceptors (Lipinski definition) is 5. The van der Waals surface area contributed by atoms with Crippen LogP contribution in [0.3, 0.4) is 0 Å². The molecule has 1 aromatic carbocycles. The zero-order chi connectivity index (χ0) is 20.3.